The fourth-order valence-electron chi connectivity index (χ4n) is 3.71. The highest BCUT2D eigenvalue weighted by molar-refractivity contribution is 7.10. The molecule has 4 rings (SSSR count). The molecule has 1 saturated heterocycles. The van der Waals surface area contributed by atoms with Crippen molar-refractivity contribution >= 4 is 23.1 Å². The number of aromatic nitrogens is 1. The second-order valence-electron chi connectivity index (χ2n) is 8.69. The number of benzene rings is 2. The minimum atomic E-state index is -0.261. The van der Waals surface area contributed by atoms with Gasteiger partial charge in [-0.1, -0.05) is 32.9 Å². The third-order valence-electron chi connectivity index (χ3n) is 5.46. The molecule has 0 saturated carbocycles. The van der Waals surface area contributed by atoms with Crippen molar-refractivity contribution in [2.75, 3.05) is 11.9 Å². The average Bonchev–Trinajstić information content (AvgIpc) is 3.38. The van der Waals surface area contributed by atoms with E-state index in [1.165, 1.54) is 17.7 Å². The summed E-state index contributed by atoms with van der Waals surface area (Å²) in [5, 5.41) is 5.92. The van der Waals surface area contributed by atoms with E-state index in [-0.39, 0.29) is 23.3 Å². The number of nitrogens with zero attached hydrogens (tertiary/aromatic N) is 2. The first kappa shape index (κ1) is 20.5. The second-order valence-corrected chi connectivity index (χ2v) is 9.58. The van der Waals surface area contributed by atoms with Crippen molar-refractivity contribution in [1.82, 2.24) is 9.88 Å². The van der Waals surface area contributed by atoms with E-state index >= 15 is 0 Å². The zero-order valence-electron chi connectivity index (χ0n) is 17.5. The molecule has 0 aliphatic carbocycles. The van der Waals surface area contributed by atoms with Gasteiger partial charge in [-0.3, -0.25) is 0 Å². The van der Waals surface area contributed by atoms with Crippen LogP contribution in [0.25, 0.3) is 11.3 Å². The Bertz CT molecular complexity index is 1020. The first-order valence-electron chi connectivity index (χ1n) is 10.2. The summed E-state index contributed by atoms with van der Waals surface area (Å²) in [5.41, 5.74) is 3.81. The van der Waals surface area contributed by atoms with E-state index in [0.29, 0.717) is 6.54 Å². The number of amides is 2. The van der Waals surface area contributed by atoms with Gasteiger partial charge in [-0.2, -0.15) is 0 Å². The predicted molar refractivity (Wildman–Crippen MR) is 120 cm³/mol. The topological polar surface area (TPSA) is 45.2 Å². The second kappa shape index (κ2) is 8.19. The monoisotopic (exact) mass is 423 g/mol. The minimum Gasteiger partial charge on any atom is -0.315 e. The zero-order chi connectivity index (χ0) is 21.3. The summed E-state index contributed by atoms with van der Waals surface area (Å²) in [7, 11) is 0. The Morgan fingerprint density at radius 2 is 1.83 bits per heavy atom. The van der Waals surface area contributed by atoms with E-state index in [1.807, 2.05) is 22.4 Å². The smallest absolute Gasteiger partial charge is 0.315 e. The Labute approximate surface area is 180 Å². The fourth-order valence-corrected chi connectivity index (χ4v) is 4.68. The minimum absolute atomic E-state index is 0.0296. The first-order chi connectivity index (χ1) is 14.3. The van der Waals surface area contributed by atoms with Crippen LogP contribution in [0.15, 0.2) is 53.9 Å². The maximum atomic E-state index is 13.2. The van der Waals surface area contributed by atoms with Crippen LogP contribution in [0.1, 0.15) is 50.2 Å². The molecule has 1 aliphatic heterocycles. The number of halogens is 1. The molecule has 1 atom stereocenters. The molecule has 0 unspecified atom stereocenters. The van der Waals surface area contributed by atoms with Crippen LogP contribution in [-0.2, 0) is 5.41 Å². The van der Waals surface area contributed by atoms with Crippen LogP contribution in [0.3, 0.4) is 0 Å². The van der Waals surface area contributed by atoms with Crippen LogP contribution in [0.2, 0.25) is 0 Å². The Morgan fingerprint density at radius 1 is 1.13 bits per heavy atom. The lowest BCUT2D eigenvalue weighted by molar-refractivity contribution is 0.207. The van der Waals surface area contributed by atoms with E-state index in [9.17, 15) is 9.18 Å². The van der Waals surface area contributed by atoms with Gasteiger partial charge in [0.2, 0.25) is 0 Å². The maximum absolute atomic E-state index is 13.2. The van der Waals surface area contributed by atoms with Gasteiger partial charge >= 0.3 is 6.03 Å². The van der Waals surface area contributed by atoms with E-state index in [0.717, 1.165) is 34.8 Å². The van der Waals surface area contributed by atoms with Gasteiger partial charge < -0.3 is 10.2 Å². The number of thiazole rings is 1. The number of likely N-dealkylation sites (tertiary alicyclic amines) is 1. The molecule has 4 nitrogen and oxygen atoms in total. The predicted octanol–water partition coefficient (Wildman–Crippen LogP) is 6.62. The Kier molecular flexibility index (Phi) is 5.60. The normalized spacial score (nSPS) is 16.7. The molecule has 1 N–H and O–H groups in total. The third kappa shape index (κ3) is 4.38. The van der Waals surface area contributed by atoms with Crippen LogP contribution < -0.4 is 5.32 Å². The first-order valence-corrected chi connectivity index (χ1v) is 11.1. The lowest BCUT2D eigenvalue weighted by atomic mass is 9.87. The Hall–Kier alpha value is -2.73. The summed E-state index contributed by atoms with van der Waals surface area (Å²) < 4.78 is 13.2. The molecule has 0 radical (unpaired) electrons. The van der Waals surface area contributed by atoms with Crippen molar-refractivity contribution in [2.24, 2.45) is 0 Å². The van der Waals surface area contributed by atoms with Crippen molar-refractivity contribution in [3.05, 3.63) is 70.3 Å². The number of nitrogens with one attached hydrogen (secondary N) is 1. The number of carbonyl (C=O) groups is 1. The van der Waals surface area contributed by atoms with Gasteiger partial charge in [0.15, 0.2) is 0 Å². The van der Waals surface area contributed by atoms with Crippen molar-refractivity contribution in [3.63, 3.8) is 0 Å². The van der Waals surface area contributed by atoms with Crippen LogP contribution in [0.5, 0.6) is 0 Å². The van der Waals surface area contributed by atoms with Gasteiger partial charge in [0.05, 0.1) is 11.7 Å². The summed E-state index contributed by atoms with van der Waals surface area (Å²) in [5.74, 6) is -0.261. The maximum Gasteiger partial charge on any atom is 0.322 e. The van der Waals surface area contributed by atoms with Crippen LogP contribution in [-0.4, -0.2) is 22.5 Å². The molecule has 156 valence electrons. The molecule has 2 heterocycles. The van der Waals surface area contributed by atoms with Gasteiger partial charge in [-0.25, -0.2) is 14.2 Å². The number of hydrogen-bond acceptors (Lipinski definition) is 3. The largest absolute Gasteiger partial charge is 0.322 e. The van der Waals surface area contributed by atoms with Crippen LogP contribution >= 0.6 is 11.3 Å². The average molecular weight is 424 g/mol. The summed E-state index contributed by atoms with van der Waals surface area (Å²) in [6, 6.07) is 14.3. The van der Waals surface area contributed by atoms with Crippen molar-refractivity contribution in [3.8, 4) is 11.3 Å². The highest BCUT2D eigenvalue weighted by atomic mass is 32.1. The standard InChI is InChI=1S/C24H26FN3OS/c1-24(2,3)17-8-12-19(13-9-17)26-23(29)28-14-4-5-21(28)22-27-20(15-30-22)16-6-10-18(25)11-7-16/h6-13,15,21H,4-5,14H2,1-3H3,(H,26,29)/t21-/m0/s1. The number of urea groups is 1. The Morgan fingerprint density at radius 3 is 2.50 bits per heavy atom. The number of anilines is 1. The lowest BCUT2D eigenvalue weighted by Crippen LogP contribution is -2.34. The number of rotatable bonds is 3. The summed E-state index contributed by atoms with van der Waals surface area (Å²) in [4.78, 5) is 19.6. The molecule has 2 amide bonds. The van der Waals surface area contributed by atoms with Gasteiger partial charge in [-0.15, -0.1) is 11.3 Å². The quantitative estimate of drug-likeness (QED) is 0.515. The highest BCUT2D eigenvalue weighted by Gasteiger charge is 2.32. The third-order valence-corrected chi connectivity index (χ3v) is 6.41. The molecule has 3 aromatic rings. The molecular weight excluding hydrogens is 397 g/mol. The van der Waals surface area contributed by atoms with Crippen molar-refractivity contribution in [1.29, 1.82) is 0 Å². The van der Waals surface area contributed by atoms with E-state index < -0.39 is 0 Å². The van der Waals surface area contributed by atoms with Crippen LogP contribution in [0.4, 0.5) is 14.9 Å². The van der Waals surface area contributed by atoms with Gasteiger partial charge in [-0.05, 0) is 60.2 Å². The van der Waals surface area contributed by atoms with Gasteiger partial charge in [0.1, 0.15) is 10.8 Å². The van der Waals surface area contributed by atoms with Gasteiger partial charge in [0.25, 0.3) is 0 Å². The molecule has 2 aromatic carbocycles. The van der Waals surface area contributed by atoms with E-state index in [4.69, 9.17) is 4.98 Å². The van der Waals surface area contributed by atoms with Crippen molar-refractivity contribution in [2.45, 2.75) is 45.1 Å². The number of carbonyl (C=O) groups excluding carboxylic acids is 1. The molecular formula is C24H26FN3OS. The van der Waals surface area contributed by atoms with E-state index in [2.05, 4.69) is 38.2 Å². The SMILES string of the molecule is CC(C)(C)c1ccc(NC(=O)N2CCC[C@H]2c2nc(-c3ccc(F)cc3)cs2)cc1. The lowest BCUT2D eigenvalue weighted by Gasteiger charge is -2.24. The molecule has 6 heteroatoms. The summed E-state index contributed by atoms with van der Waals surface area (Å²) >= 11 is 1.55. The van der Waals surface area contributed by atoms with Crippen LogP contribution in [0, 0.1) is 5.82 Å². The van der Waals surface area contributed by atoms with Crippen molar-refractivity contribution < 1.29 is 9.18 Å². The molecule has 0 spiro atoms. The molecule has 1 fully saturated rings. The highest BCUT2D eigenvalue weighted by Crippen LogP contribution is 2.36. The zero-order valence-corrected chi connectivity index (χ0v) is 18.3. The summed E-state index contributed by atoms with van der Waals surface area (Å²) in [6.07, 6.45) is 1.85. The molecule has 1 aliphatic rings. The van der Waals surface area contributed by atoms with E-state index in [1.54, 1.807) is 23.5 Å². The van der Waals surface area contributed by atoms with Gasteiger partial charge in [0, 0.05) is 23.2 Å². The molecule has 0 bridgehead atoms. The number of hydrogen-bond donors (Lipinski definition) is 1. The summed E-state index contributed by atoms with van der Waals surface area (Å²) in [6.45, 7) is 7.22. The molecule has 30 heavy (non-hydrogen) atoms. The Balaban J connectivity index is 1.47. The molecule has 1 aromatic heterocycles. The fraction of sp³-hybridized carbons (Fsp3) is 0.333.